The molecule has 128 valence electrons. The number of halogens is 1. The molecule has 0 saturated heterocycles. The fraction of sp³-hybridized carbons (Fsp3) is 0.579. The van der Waals surface area contributed by atoms with Gasteiger partial charge in [-0.25, -0.2) is 0 Å². The van der Waals surface area contributed by atoms with Crippen molar-refractivity contribution in [2.24, 2.45) is 17.3 Å². The molecular formula is C19H23BrN2O2. The summed E-state index contributed by atoms with van der Waals surface area (Å²) >= 11 is 3.96. The van der Waals surface area contributed by atoms with Crippen LogP contribution in [0.25, 0.3) is 0 Å². The van der Waals surface area contributed by atoms with E-state index in [4.69, 9.17) is 0 Å². The molecule has 24 heavy (non-hydrogen) atoms. The van der Waals surface area contributed by atoms with Crippen LogP contribution in [0.2, 0.25) is 0 Å². The van der Waals surface area contributed by atoms with Gasteiger partial charge < -0.3 is 10.6 Å². The van der Waals surface area contributed by atoms with Crippen molar-refractivity contribution < 1.29 is 9.59 Å². The number of hydrogen-bond acceptors (Lipinski definition) is 2. The molecule has 5 rings (SSSR count). The molecule has 2 atom stereocenters. The van der Waals surface area contributed by atoms with Crippen LogP contribution in [0.15, 0.2) is 24.3 Å². The molecule has 1 aromatic carbocycles. The second-order valence-corrected chi connectivity index (χ2v) is 9.79. The highest BCUT2D eigenvalue weighted by Crippen LogP contribution is 2.64. The van der Waals surface area contributed by atoms with Crippen molar-refractivity contribution in [3.63, 3.8) is 0 Å². The summed E-state index contributed by atoms with van der Waals surface area (Å²) in [7, 11) is 0. The summed E-state index contributed by atoms with van der Waals surface area (Å²) < 4.78 is 0.184. The third-order valence-corrected chi connectivity index (χ3v) is 6.86. The molecular weight excluding hydrogens is 368 g/mol. The molecule has 2 amide bonds. The first-order chi connectivity index (χ1) is 11.4. The summed E-state index contributed by atoms with van der Waals surface area (Å²) in [5, 5.41) is 5.87. The van der Waals surface area contributed by atoms with Gasteiger partial charge >= 0.3 is 0 Å². The van der Waals surface area contributed by atoms with E-state index in [1.54, 1.807) is 0 Å². The zero-order chi connectivity index (χ0) is 16.9. The number of alkyl halides is 1. The summed E-state index contributed by atoms with van der Waals surface area (Å²) in [6.45, 7) is 1.48. The van der Waals surface area contributed by atoms with E-state index in [1.165, 1.54) is 26.2 Å². The fourth-order valence-corrected chi connectivity index (χ4v) is 6.97. The van der Waals surface area contributed by atoms with Crippen molar-refractivity contribution in [1.29, 1.82) is 0 Å². The maximum atomic E-state index is 13.1. The van der Waals surface area contributed by atoms with Crippen molar-refractivity contribution in [3.05, 3.63) is 24.3 Å². The maximum absolute atomic E-state index is 13.1. The largest absolute Gasteiger partial charge is 0.326 e. The first-order valence-corrected chi connectivity index (χ1v) is 9.53. The normalized spacial score (nSPS) is 36.4. The van der Waals surface area contributed by atoms with E-state index in [-0.39, 0.29) is 21.6 Å². The Kier molecular flexibility index (Phi) is 3.75. The second kappa shape index (κ2) is 5.58. The van der Waals surface area contributed by atoms with Crippen LogP contribution in [0, 0.1) is 17.3 Å². The smallest absolute Gasteiger partial charge is 0.230 e. The number of carbonyl (C=O) groups is 2. The molecule has 1 aromatic rings. The second-order valence-electron chi connectivity index (χ2n) is 8.10. The highest BCUT2D eigenvalue weighted by atomic mass is 79.9. The van der Waals surface area contributed by atoms with E-state index in [9.17, 15) is 9.59 Å². The fourth-order valence-electron chi connectivity index (χ4n) is 5.52. The molecule has 4 bridgehead atoms. The molecule has 4 aliphatic carbocycles. The molecule has 0 spiro atoms. The summed E-state index contributed by atoms with van der Waals surface area (Å²) in [5.74, 6) is 1.47. The Balaban J connectivity index is 1.49. The number of benzene rings is 1. The average molecular weight is 391 g/mol. The van der Waals surface area contributed by atoms with Gasteiger partial charge in [-0.1, -0.05) is 15.9 Å². The molecule has 0 heterocycles. The Morgan fingerprint density at radius 2 is 1.54 bits per heavy atom. The first-order valence-electron chi connectivity index (χ1n) is 8.74. The average Bonchev–Trinajstić information content (AvgIpc) is 2.46. The SMILES string of the molecule is CC(=O)Nc1ccc(NC(=O)C23CC4CC(CC(Br)(C4)C2)C3)cc1. The van der Waals surface area contributed by atoms with Crippen LogP contribution in [-0.4, -0.2) is 16.1 Å². The predicted molar refractivity (Wildman–Crippen MR) is 98.1 cm³/mol. The molecule has 0 aromatic heterocycles. The van der Waals surface area contributed by atoms with E-state index in [1.807, 2.05) is 24.3 Å². The minimum Gasteiger partial charge on any atom is -0.326 e. The van der Waals surface area contributed by atoms with Gasteiger partial charge in [0.2, 0.25) is 11.8 Å². The molecule has 2 unspecified atom stereocenters. The third kappa shape index (κ3) is 2.87. The lowest BCUT2D eigenvalue weighted by molar-refractivity contribution is -0.138. The summed E-state index contributed by atoms with van der Waals surface area (Å²) in [5.41, 5.74) is 1.34. The number of amides is 2. The minimum atomic E-state index is -0.204. The molecule has 0 radical (unpaired) electrons. The van der Waals surface area contributed by atoms with Crippen LogP contribution in [0.3, 0.4) is 0 Å². The van der Waals surface area contributed by atoms with Crippen LogP contribution >= 0.6 is 15.9 Å². The van der Waals surface area contributed by atoms with Crippen molar-refractivity contribution in [2.75, 3.05) is 10.6 Å². The van der Waals surface area contributed by atoms with Crippen LogP contribution < -0.4 is 10.6 Å². The predicted octanol–water partition coefficient (Wildman–Crippen LogP) is 4.32. The lowest BCUT2D eigenvalue weighted by atomic mass is 9.49. The molecule has 5 heteroatoms. The van der Waals surface area contributed by atoms with Gasteiger partial charge in [-0.3, -0.25) is 9.59 Å². The van der Waals surface area contributed by atoms with Crippen LogP contribution in [0.4, 0.5) is 11.4 Å². The molecule has 4 saturated carbocycles. The molecule has 2 N–H and O–H groups in total. The Morgan fingerprint density at radius 1 is 1.00 bits per heavy atom. The number of nitrogens with one attached hydrogen (secondary N) is 2. The molecule has 4 nitrogen and oxygen atoms in total. The first kappa shape index (κ1) is 16.1. The Labute approximate surface area is 150 Å². The number of anilines is 2. The van der Waals surface area contributed by atoms with Gasteiger partial charge in [0, 0.05) is 22.6 Å². The Hall–Kier alpha value is -1.36. The topological polar surface area (TPSA) is 58.2 Å². The van der Waals surface area contributed by atoms with Gasteiger partial charge in [-0.05, 0) is 74.6 Å². The van der Waals surface area contributed by atoms with Crippen molar-refractivity contribution in [2.45, 2.75) is 49.8 Å². The summed E-state index contributed by atoms with van der Waals surface area (Å²) in [6.07, 6.45) is 6.78. The lowest BCUT2D eigenvalue weighted by Crippen LogP contribution is -2.57. The number of carbonyl (C=O) groups excluding carboxylic acids is 2. The van der Waals surface area contributed by atoms with Crippen LogP contribution in [-0.2, 0) is 9.59 Å². The van der Waals surface area contributed by atoms with Gasteiger partial charge in [0.25, 0.3) is 0 Å². The minimum absolute atomic E-state index is 0.0945. The van der Waals surface area contributed by atoms with Crippen molar-refractivity contribution >= 4 is 39.1 Å². The Morgan fingerprint density at radius 3 is 2.04 bits per heavy atom. The zero-order valence-electron chi connectivity index (χ0n) is 13.9. The van der Waals surface area contributed by atoms with E-state index in [2.05, 4.69) is 26.6 Å². The van der Waals surface area contributed by atoms with Gasteiger partial charge in [0.1, 0.15) is 0 Å². The number of hydrogen-bond donors (Lipinski definition) is 2. The molecule has 0 aliphatic heterocycles. The van der Waals surface area contributed by atoms with E-state index < -0.39 is 0 Å². The van der Waals surface area contributed by atoms with Crippen LogP contribution in [0.1, 0.15) is 45.4 Å². The van der Waals surface area contributed by atoms with Gasteiger partial charge in [0.15, 0.2) is 0 Å². The standard InChI is InChI=1S/C19H23BrN2O2/c1-12(23)21-15-2-4-16(5-3-15)22-17(24)18-7-13-6-14(8-18)10-19(20,9-13)11-18/h2-5,13-14H,6-11H2,1H3,(H,21,23)(H,22,24). The summed E-state index contributed by atoms with van der Waals surface area (Å²) in [4.78, 5) is 24.1. The van der Waals surface area contributed by atoms with Gasteiger partial charge in [0.05, 0.1) is 5.41 Å². The van der Waals surface area contributed by atoms with E-state index in [0.29, 0.717) is 11.8 Å². The highest BCUT2D eigenvalue weighted by molar-refractivity contribution is 9.10. The van der Waals surface area contributed by atoms with Crippen molar-refractivity contribution in [3.8, 4) is 0 Å². The lowest BCUT2D eigenvalue weighted by Gasteiger charge is -2.59. The monoisotopic (exact) mass is 390 g/mol. The Bertz CT molecular complexity index is 671. The highest BCUT2D eigenvalue weighted by Gasteiger charge is 2.59. The van der Waals surface area contributed by atoms with Crippen molar-refractivity contribution in [1.82, 2.24) is 0 Å². The number of rotatable bonds is 3. The van der Waals surface area contributed by atoms with E-state index >= 15 is 0 Å². The zero-order valence-corrected chi connectivity index (χ0v) is 15.5. The van der Waals surface area contributed by atoms with E-state index in [0.717, 1.165) is 30.6 Å². The quantitative estimate of drug-likeness (QED) is 0.755. The van der Waals surface area contributed by atoms with Crippen LogP contribution in [0.5, 0.6) is 0 Å². The maximum Gasteiger partial charge on any atom is 0.230 e. The molecule has 4 fully saturated rings. The third-order valence-electron chi connectivity index (χ3n) is 5.93. The molecule has 4 aliphatic rings. The summed E-state index contributed by atoms with van der Waals surface area (Å²) in [6, 6.07) is 7.35. The van der Waals surface area contributed by atoms with Gasteiger partial charge in [-0.2, -0.15) is 0 Å². The van der Waals surface area contributed by atoms with Gasteiger partial charge in [-0.15, -0.1) is 0 Å².